The van der Waals surface area contributed by atoms with Crippen LogP contribution in [0.2, 0.25) is 0 Å². The smallest absolute Gasteiger partial charge is 0.406 e. The van der Waals surface area contributed by atoms with E-state index < -0.39 is 45.5 Å². The zero-order valence-electron chi connectivity index (χ0n) is 21.7. The van der Waals surface area contributed by atoms with Crippen LogP contribution in [0.5, 0.6) is 5.75 Å². The summed E-state index contributed by atoms with van der Waals surface area (Å²) in [7, 11) is -1.89. The number of ether oxygens (including phenoxy) is 1. The zero-order valence-corrected chi connectivity index (χ0v) is 22.6. The number of nitrogens with zero attached hydrogens (tertiary/aromatic N) is 2. The number of alkyl halides is 3. The number of likely N-dealkylation sites (tertiary alicyclic amines) is 1. The Morgan fingerprint density at radius 2 is 1.97 bits per heavy atom. The minimum absolute atomic E-state index is 0.111. The summed E-state index contributed by atoms with van der Waals surface area (Å²) >= 11 is 0. The molecule has 9 nitrogen and oxygen atoms in total. The van der Waals surface area contributed by atoms with E-state index in [1.165, 1.54) is 49.1 Å². The molecule has 39 heavy (non-hydrogen) atoms. The molecule has 4 rings (SSSR count). The lowest BCUT2D eigenvalue weighted by Gasteiger charge is -2.49. The van der Waals surface area contributed by atoms with Gasteiger partial charge in [-0.15, -0.1) is 13.2 Å². The average Bonchev–Trinajstić information content (AvgIpc) is 3.25. The number of hydrogen-bond acceptors (Lipinski definition) is 7. The summed E-state index contributed by atoms with van der Waals surface area (Å²) in [6, 6.07) is 9.40. The Bertz CT molecular complexity index is 1260. The highest BCUT2D eigenvalue weighted by Gasteiger charge is 2.47. The van der Waals surface area contributed by atoms with Crippen molar-refractivity contribution in [2.45, 2.75) is 54.8 Å². The molecule has 2 aliphatic heterocycles. The lowest BCUT2D eigenvalue weighted by Crippen LogP contribution is -2.45. The maximum Gasteiger partial charge on any atom is 0.573 e. The summed E-state index contributed by atoms with van der Waals surface area (Å²) < 4.78 is 62.6. The summed E-state index contributed by atoms with van der Waals surface area (Å²) in [6.07, 6.45) is -4.94. The van der Waals surface area contributed by atoms with Gasteiger partial charge in [-0.2, -0.15) is 10.6 Å². The van der Waals surface area contributed by atoms with E-state index in [9.17, 15) is 37.0 Å². The van der Waals surface area contributed by atoms with E-state index in [-0.39, 0.29) is 29.5 Å². The van der Waals surface area contributed by atoms with Crippen LogP contribution in [-0.2, 0) is 16.0 Å². The van der Waals surface area contributed by atoms with Crippen LogP contribution >= 0.6 is 10.6 Å². The number of fused-ring (bicyclic) bond motifs is 1. The van der Waals surface area contributed by atoms with Crippen molar-refractivity contribution in [1.82, 2.24) is 9.80 Å². The summed E-state index contributed by atoms with van der Waals surface area (Å²) in [5.41, 5.74) is 1.15. The number of rotatable bonds is 7. The predicted molar refractivity (Wildman–Crippen MR) is 140 cm³/mol. The molecule has 2 amide bonds. The summed E-state index contributed by atoms with van der Waals surface area (Å²) in [4.78, 5) is 29.5. The molecule has 13 heteroatoms. The van der Waals surface area contributed by atoms with E-state index in [1.54, 1.807) is 19.2 Å². The number of carbonyl (C=O) groups is 2. The normalized spacial score (nSPS) is 22.0. The molecule has 2 aromatic carbocycles. The van der Waals surface area contributed by atoms with Gasteiger partial charge in [0.25, 0.3) is 0 Å². The first kappa shape index (κ1) is 29.2. The number of β-amino-alcohol motifs (C(OH)–C–C–N with tert-alkyl or cyclic N) is 1. The molecule has 0 aliphatic carbocycles. The first-order valence-electron chi connectivity index (χ1n) is 12.3. The minimum Gasteiger partial charge on any atom is -0.406 e. The number of benzene rings is 2. The van der Waals surface area contributed by atoms with Gasteiger partial charge in [-0.1, -0.05) is 18.2 Å². The van der Waals surface area contributed by atoms with Crippen molar-refractivity contribution in [1.29, 1.82) is 0 Å². The Morgan fingerprint density at radius 1 is 1.26 bits per heavy atom. The van der Waals surface area contributed by atoms with E-state index in [2.05, 4.69) is 10.1 Å². The van der Waals surface area contributed by atoms with Gasteiger partial charge >= 0.3 is 6.36 Å². The lowest BCUT2D eigenvalue weighted by molar-refractivity contribution is -0.274. The molecule has 4 N–H and O–H groups in total. The SMILES string of the molecule is CN(C(=O)Cc1ccc2c(c1)NC(=O)C(C)(C)S2(O)O)[C@H](CN1CCC(O)C1)c1cccc(OC(F)(F)F)c1. The van der Waals surface area contributed by atoms with Crippen LogP contribution in [0.25, 0.3) is 0 Å². The number of amides is 2. The molecule has 1 saturated heterocycles. The molecule has 0 spiro atoms. The van der Waals surface area contributed by atoms with Gasteiger partial charge in [0.05, 0.1) is 29.1 Å². The average molecular weight is 572 g/mol. The Labute approximate surface area is 225 Å². The molecule has 1 unspecified atom stereocenters. The Morgan fingerprint density at radius 3 is 2.62 bits per heavy atom. The monoisotopic (exact) mass is 571 g/mol. The van der Waals surface area contributed by atoms with Crippen LogP contribution in [0.1, 0.15) is 37.4 Å². The Kier molecular flexibility index (Phi) is 7.94. The highest BCUT2D eigenvalue weighted by Crippen LogP contribution is 2.63. The number of likely N-dealkylation sites (N-methyl/N-ethyl adjacent to an activating group) is 1. The molecule has 2 aromatic rings. The van der Waals surface area contributed by atoms with Gasteiger partial charge in [0.1, 0.15) is 10.5 Å². The van der Waals surface area contributed by atoms with Gasteiger partial charge in [0.15, 0.2) is 0 Å². The fourth-order valence-electron chi connectivity index (χ4n) is 4.78. The molecule has 1 fully saturated rings. The van der Waals surface area contributed by atoms with Gasteiger partial charge in [-0.3, -0.25) is 23.6 Å². The minimum atomic E-state index is -4.87. The standard InChI is InChI=1S/C26H32F3N3O6S/c1-25(2)24(35)30-20-11-16(7-8-22(20)39(25,36)37)12-23(34)31(3)21(15-32-10-9-18(33)14-32)17-5-4-6-19(13-17)38-26(27,28)29/h4-8,11,13,18,21,33,36-37H,9-10,12,14-15H2,1-3H3,(H,30,35)/t18?,21-/m1/s1. The molecule has 0 saturated carbocycles. The van der Waals surface area contributed by atoms with E-state index in [0.29, 0.717) is 30.6 Å². The molecular formula is C26H32F3N3O6S. The second-order valence-electron chi connectivity index (χ2n) is 10.4. The molecule has 0 aromatic heterocycles. The van der Waals surface area contributed by atoms with Crippen LogP contribution in [-0.4, -0.2) is 79.7 Å². The number of nitrogens with one attached hydrogen (secondary N) is 1. The first-order valence-corrected chi connectivity index (χ1v) is 13.9. The van der Waals surface area contributed by atoms with Gasteiger partial charge in [0, 0.05) is 26.7 Å². The highest BCUT2D eigenvalue weighted by molar-refractivity contribution is 8.26. The molecule has 2 atom stereocenters. The topological polar surface area (TPSA) is 123 Å². The second-order valence-corrected chi connectivity index (χ2v) is 12.9. The van der Waals surface area contributed by atoms with Crippen molar-refractivity contribution in [2.24, 2.45) is 0 Å². The van der Waals surface area contributed by atoms with Gasteiger partial charge in [0.2, 0.25) is 11.8 Å². The van der Waals surface area contributed by atoms with Gasteiger partial charge in [-0.05, 0) is 55.7 Å². The number of carbonyl (C=O) groups excluding carboxylic acids is 2. The van der Waals surface area contributed by atoms with Crippen molar-refractivity contribution in [3.05, 3.63) is 53.6 Å². The van der Waals surface area contributed by atoms with Crippen LogP contribution in [0.15, 0.2) is 47.4 Å². The summed E-state index contributed by atoms with van der Waals surface area (Å²) in [5.74, 6) is -1.31. The summed E-state index contributed by atoms with van der Waals surface area (Å²) in [5, 5.41) is 12.6. The van der Waals surface area contributed by atoms with E-state index in [1.807, 2.05) is 4.90 Å². The van der Waals surface area contributed by atoms with Crippen molar-refractivity contribution >= 4 is 28.1 Å². The summed E-state index contributed by atoms with van der Waals surface area (Å²) in [6.45, 7) is 4.13. The van der Waals surface area contributed by atoms with Crippen molar-refractivity contribution in [3.63, 3.8) is 0 Å². The van der Waals surface area contributed by atoms with Crippen molar-refractivity contribution in [2.75, 3.05) is 32.0 Å². The van der Waals surface area contributed by atoms with Crippen LogP contribution < -0.4 is 10.1 Å². The van der Waals surface area contributed by atoms with Crippen molar-refractivity contribution in [3.8, 4) is 5.75 Å². The molecular weight excluding hydrogens is 539 g/mol. The van der Waals surface area contributed by atoms with Crippen LogP contribution in [0, 0.1) is 0 Å². The van der Waals surface area contributed by atoms with E-state index in [0.717, 1.165) is 0 Å². The van der Waals surface area contributed by atoms with E-state index >= 15 is 0 Å². The van der Waals surface area contributed by atoms with Crippen molar-refractivity contribution < 1.29 is 41.7 Å². The van der Waals surface area contributed by atoms with E-state index in [4.69, 9.17) is 0 Å². The first-order chi connectivity index (χ1) is 18.1. The predicted octanol–water partition coefficient (Wildman–Crippen LogP) is 4.23. The Hall–Kier alpha value is -2.84. The number of aliphatic hydroxyl groups is 1. The third-order valence-corrected chi connectivity index (χ3v) is 9.81. The van der Waals surface area contributed by atoms with Gasteiger partial charge < -0.3 is 20.1 Å². The number of hydrogen-bond donors (Lipinski definition) is 4. The van der Waals surface area contributed by atoms with Crippen LogP contribution in [0.4, 0.5) is 18.9 Å². The Balaban J connectivity index is 1.58. The quantitative estimate of drug-likeness (QED) is 0.392. The number of aliphatic hydroxyl groups excluding tert-OH is 1. The third kappa shape index (κ3) is 6.17. The fourth-order valence-corrected chi connectivity index (χ4v) is 6.31. The molecule has 0 radical (unpaired) electrons. The fraction of sp³-hybridized carbons (Fsp3) is 0.462. The maximum absolute atomic E-state index is 13.4. The maximum atomic E-state index is 13.4. The number of halogens is 3. The third-order valence-electron chi connectivity index (χ3n) is 7.23. The number of anilines is 1. The molecule has 2 aliphatic rings. The van der Waals surface area contributed by atoms with Crippen LogP contribution in [0.3, 0.4) is 0 Å². The second kappa shape index (κ2) is 10.6. The molecule has 0 bridgehead atoms. The highest BCUT2D eigenvalue weighted by atomic mass is 32.3. The molecule has 214 valence electrons. The lowest BCUT2D eigenvalue weighted by atomic mass is 10.0. The molecule has 2 heterocycles. The van der Waals surface area contributed by atoms with Gasteiger partial charge in [-0.25, -0.2) is 0 Å². The zero-order chi connectivity index (χ0) is 28.8. The largest absolute Gasteiger partial charge is 0.573 e.